The van der Waals surface area contributed by atoms with E-state index in [-0.39, 0.29) is 34.4 Å². The molecule has 4 rings (SSSR count). The number of esters is 1. The number of hydrogen-bond acceptors (Lipinski definition) is 14. The average molecular weight is 611 g/mol. The molecule has 2 unspecified atom stereocenters. The van der Waals surface area contributed by atoms with Crippen LogP contribution in [0.3, 0.4) is 0 Å². The van der Waals surface area contributed by atoms with Crippen molar-refractivity contribution in [2.24, 2.45) is 0 Å². The summed E-state index contributed by atoms with van der Waals surface area (Å²) in [4.78, 5) is 13.4. The Morgan fingerprint density at radius 1 is 0.767 bits per heavy atom. The number of methoxy groups -OCH3 is 1. The lowest BCUT2D eigenvalue weighted by Crippen LogP contribution is -2.60. The fourth-order valence-electron chi connectivity index (χ4n) is 5.06. The van der Waals surface area contributed by atoms with Crippen LogP contribution in [0.5, 0.6) is 11.5 Å². The van der Waals surface area contributed by atoms with Crippen molar-refractivity contribution in [3.8, 4) is 11.5 Å². The van der Waals surface area contributed by atoms with Gasteiger partial charge in [0.1, 0.15) is 65.9 Å². The molecular weight excluding hydrogens is 572 g/mol. The molecule has 2 saturated heterocycles. The lowest BCUT2D eigenvalue weighted by Gasteiger charge is -2.40. The van der Waals surface area contributed by atoms with E-state index in [0.717, 1.165) is 12.7 Å². The first kappa shape index (κ1) is 33.0. The van der Waals surface area contributed by atoms with Crippen molar-refractivity contribution in [3.63, 3.8) is 0 Å². The van der Waals surface area contributed by atoms with Gasteiger partial charge >= 0.3 is 5.97 Å². The predicted molar refractivity (Wildman–Crippen MR) is 147 cm³/mol. The van der Waals surface area contributed by atoms with Gasteiger partial charge in [-0.3, -0.25) is 0 Å². The highest BCUT2D eigenvalue weighted by molar-refractivity contribution is 6.06. The second-order valence-electron chi connectivity index (χ2n) is 10.7. The molecule has 0 bridgehead atoms. The minimum atomic E-state index is -1.78. The van der Waals surface area contributed by atoms with Crippen LogP contribution in [-0.2, 0) is 20.6 Å². The Bertz CT molecular complexity index is 1310. The summed E-state index contributed by atoms with van der Waals surface area (Å²) in [6.07, 6.45) is -14.2. The van der Waals surface area contributed by atoms with Gasteiger partial charge in [0.2, 0.25) is 12.6 Å². The van der Waals surface area contributed by atoms with Crippen LogP contribution in [-0.4, -0.2) is 129 Å². The van der Waals surface area contributed by atoms with Gasteiger partial charge < -0.3 is 64.5 Å². The van der Waals surface area contributed by atoms with Crippen molar-refractivity contribution in [1.82, 2.24) is 0 Å². The molecule has 0 aromatic heterocycles. The van der Waals surface area contributed by atoms with Gasteiger partial charge in [-0.1, -0.05) is 35.9 Å². The van der Waals surface area contributed by atoms with E-state index < -0.39 is 80.6 Å². The van der Waals surface area contributed by atoms with E-state index >= 15 is 0 Å². The monoisotopic (exact) mass is 610 g/mol. The molecule has 10 atom stereocenters. The van der Waals surface area contributed by atoms with Crippen LogP contribution in [0.2, 0.25) is 0 Å². The van der Waals surface area contributed by atoms with Gasteiger partial charge in [-0.2, -0.15) is 0 Å². The van der Waals surface area contributed by atoms with E-state index in [1.165, 1.54) is 0 Å². The van der Waals surface area contributed by atoms with Crippen molar-refractivity contribution < 1.29 is 69.3 Å². The fraction of sp³-hybridized carbons (Fsp3) is 0.552. The molecular formula is C29H38O14. The van der Waals surface area contributed by atoms with Gasteiger partial charge in [0.05, 0.1) is 20.3 Å². The Kier molecular flexibility index (Phi) is 10.6. The number of allylic oxidation sites excluding steroid dienone is 2. The van der Waals surface area contributed by atoms with Crippen LogP contribution in [0.1, 0.15) is 29.8 Å². The summed E-state index contributed by atoms with van der Waals surface area (Å²) < 4.78 is 28.4. The summed E-state index contributed by atoms with van der Waals surface area (Å²) in [5, 5.41) is 82.4. The Labute approximate surface area is 246 Å². The summed E-state index contributed by atoms with van der Waals surface area (Å²) in [5.41, 5.74) is 0.873. The van der Waals surface area contributed by atoms with E-state index in [9.17, 15) is 45.6 Å². The maximum atomic E-state index is 13.4. The fourth-order valence-corrected chi connectivity index (χ4v) is 5.06. The second kappa shape index (κ2) is 13.8. The van der Waals surface area contributed by atoms with E-state index in [0.29, 0.717) is 5.39 Å². The van der Waals surface area contributed by atoms with Gasteiger partial charge in [-0.25, -0.2) is 4.79 Å². The smallest absolute Gasteiger partial charge is 0.342 e. The van der Waals surface area contributed by atoms with Gasteiger partial charge in [0, 0.05) is 16.3 Å². The van der Waals surface area contributed by atoms with E-state index in [1.54, 1.807) is 30.3 Å². The molecule has 0 spiro atoms. The lowest BCUT2D eigenvalue weighted by molar-refractivity contribution is -0.277. The van der Waals surface area contributed by atoms with Crippen LogP contribution < -0.4 is 9.47 Å². The zero-order chi connectivity index (χ0) is 31.6. The summed E-state index contributed by atoms with van der Waals surface area (Å²) in [6.45, 7) is 2.26. The summed E-state index contributed by atoms with van der Waals surface area (Å²) in [7, 11) is 1.14. The Hall–Kier alpha value is -2.89. The topological polar surface area (TPSA) is 225 Å². The molecule has 2 fully saturated rings. The van der Waals surface area contributed by atoms with Crippen LogP contribution >= 0.6 is 0 Å². The van der Waals surface area contributed by atoms with Gasteiger partial charge in [0.15, 0.2) is 0 Å². The third-order valence-electron chi connectivity index (χ3n) is 7.49. The predicted octanol–water partition coefficient (Wildman–Crippen LogP) is -1.51. The third-order valence-corrected chi connectivity index (χ3v) is 7.49. The number of carbonyl (C=O) groups excluding carboxylic acids is 1. The number of hydrogen-bond donors (Lipinski definition) is 8. The number of ether oxygens (including phenoxy) is 5. The lowest BCUT2D eigenvalue weighted by atomic mass is 9.94. The molecule has 0 amide bonds. The van der Waals surface area contributed by atoms with Crippen LogP contribution in [0.15, 0.2) is 35.9 Å². The van der Waals surface area contributed by atoms with Crippen LogP contribution in [0, 0.1) is 0 Å². The maximum absolute atomic E-state index is 13.4. The van der Waals surface area contributed by atoms with Gasteiger partial charge in [-0.15, -0.1) is 0 Å². The molecule has 43 heavy (non-hydrogen) atoms. The number of benzene rings is 2. The summed E-state index contributed by atoms with van der Waals surface area (Å²) >= 11 is 0. The third kappa shape index (κ3) is 6.49. The number of aliphatic hydroxyl groups excluding tert-OH is 8. The highest BCUT2D eigenvalue weighted by Gasteiger charge is 2.47. The first-order valence-corrected chi connectivity index (χ1v) is 13.7. The first-order chi connectivity index (χ1) is 20.4. The standard InChI is InChI=1S/C29H38O14/c1-12(2)8-9-15-18(27(38)39-3)26(43-29-24(37)22(35)20(33)17(11-31)41-29)14-7-5-4-6-13(14)25(15)42-28-23(36)21(34)19(32)16(10-30)40-28/h4-8,16-17,19-24,28-37H,9-11H2,1-3H3/t16-,17-,19-,20-,21+,22+,23-,24-,28?,29?/m0/s1. The van der Waals surface area contributed by atoms with E-state index in [2.05, 4.69) is 0 Å². The molecule has 0 radical (unpaired) electrons. The zero-order valence-electron chi connectivity index (χ0n) is 23.8. The maximum Gasteiger partial charge on any atom is 0.342 e. The zero-order valence-corrected chi connectivity index (χ0v) is 23.8. The molecule has 2 aliphatic rings. The molecule has 0 saturated carbocycles. The Balaban J connectivity index is 1.93. The molecule has 238 valence electrons. The SMILES string of the molecule is COC(=O)c1c(CC=C(C)C)c(OC2O[C@@H](CO)[C@H](O)[C@@H](O)[C@@H]2O)c2ccccc2c1OC1O[C@@H](CO)[C@H](O)[C@@H](O)[C@@H]1O. The highest BCUT2D eigenvalue weighted by Crippen LogP contribution is 2.44. The first-order valence-electron chi connectivity index (χ1n) is 13.7. The highest BCUT2D eigenvalue weighted by atomic mass is 16.7. The molecule has 8 N–H and O–H groups in total. The minimum Gasteiger partial charge on any atom is -0.465 e. The molecule has 2 aliphatic heterocycles. The average Bonchev–Trinajstić information content (AvgIpc) is 3.00. The molecule has 0 aliphatic carbocycles. The number of fused-ring (bicyclic) bond motifs is 1. The van der Waals surface area contributed by atoms with Crippen molar-refractivity contribution in [1.29, 1.82) is 0 Å². The summed E-state index contributed by atoms with van der Waals surface area (Å²) in [5.74, 6) is -0.995. The normalized spacial score (nSPS) is 32.7. The number of carbonyl (C=O) groups is 1. The molecule has 2 aromatic carbocycles. The largest absolute Gasteiger partial charge is 0.465 e. The number of aliphatic hydroxyl groups is 8. The summed E-state index contributed by atoms with van der Waals surface area (Å²) in [6, 6.07) is 6.45. The molecule has 14 nitrogen and oxygen atoms in total. The quantitative estimate of drug-likeness (QED) is 0.119. The Morgan fingerprint density at radius 2 is 1.23 bits per heavy atom. The van der Waals surface area contributed by atoms with Crippen molar-refractivity contribution >= 4 is 16.7 Å². The van der Waals surface area contributed by atoms with Crippen molar-refractivity contribution in [2.45, 2.75) is 81.7 Å². The molecule has 2 heterocycles. The number of rotatable bonds is 9. The van der Waals surface area contributed by atoms with E-state index in [4.69, 9.17) is 23.7 Å². The second-order valence-corrected chi connectivity index (χ2v) is 10.7. The molecule has 2 aromatic rings. The van der Waals surface area contributed by atoms with Crippen LogP contribution in [0.4, 0.5) is 0 Å². The minimum absolute atomic E-state index is 0.0268. The van der Waals surface area contributed by atoms with E-state index in [1.807, 2.05) is 13.8 Å². The molecule has 14 heteroatoms. The van der Waals surface area contributed by atoms with Gasteiger partial charge in [-0.05, 0) is 20.3 Å². The Morgan fingerprint density at radius 3 is 1.67 bits per heavy atom. The van der Waals surface area contributed by atoms with Gasteiger partial charge in [0.25, 0.3) is 0 Å². The van der Waals surface area contributed by atoms with Crippen molar-refractivity contribution in [2.75, 3.05) is 20.3 Å². The van der Waals surface area contributed by atoms with Crippen molar-refractivity contribution in [3.05, 3.63) is 47.0 Å². The van der Waals surface area contributed by atoms with Crippen LogP contribution in [0.25, 0.3) is 10.8 Å².